The van der Waals surface area contributed by atoms with Gasteiger partial charge in [0.25, 0.3) is 0 Å². The van der Waals surface area contributed by atoms with Crippen LogP contribution in [0.5, 0.6) is 0 Å². The first kappa shape index (κ1) is 25.2. The first-order valence-corrected chi connectivity index (χ1v) is 10.1. The molecule has 0 fully saturated rings. The monoisotopic (exact) mass is 504 g/mol. The Morgan fingerprint density at radius 1 is 0.742 bits per heavy atom. The zero-order chi connectivity index (χ0) is 23.4. The van der Waals surface area contributed by atoms with Gasteiger partial charge in [-0.25, -0.2) is 0 Å². The minimum Gasteiger partial charge on any atom is -0.324 e. The molecule has 0 aliphatic carbocycles. The Hall–Kier alpha value is -2.11. The summed E-state index contributed by atoms with van der Waals surface area (Å²) in [5, 5.41) is 4.20. The maximum Gasteiger partial charge on any atom is 0.416 e. The molecule has 0 aromatic heterocycles. The summed E-state index contributed by atoms with van der Waals surface area (Å²) >= 11 is 12.3. The summed E-state index contributed by atoms with van der Waals surface area (Å²) in [6.07, 6.45) is -9.25. The molecule has 0 atom stereocenters. The van der Waals surface area contributed by atoms with Crippen molar-refractivity contribution >= 4 is 58.2 Å². The fraction of sp³-hybridized carbons (Fsp3) is 0.222. The van der Waals surface area contributed by atoms with Crippen molar-refractivity contribution in [2.75, 3.05) is 22.1 Å². The average molecular weight is 505 g/mol. The van der Waals surface area contributed by atoms with Gasteiger partial charge >= 0.3 is 12.4 Å². The van der Waals surface area contributed by atoms with Crippen LogP contribution in [0.2, 0.25) is 10.0 Å². The fourth-order valence-corrected chi connectivity index (χ4v) is 3.15. The van der Waals surface area contributed by atoms with Gasteiger partial charge in [0.15, 0.2) is 0 Å². The molecule has 2 aromatic carbocycles. The third-order valence-corrected chi connectivity index (χ3v) is 5.19. The molecule has 0 unspecified atom stereocenters. The molecule has 13 heteroatoms. The van der Waals surface area contributed by atoms with Gasteiger partial charge in [-0.15, -0.1) is 11.8 Å². The lowest BCUT2D eigenvalue weighted by atomic mass is 10.2. The third-order valence-electron chi connectivity index (χ3n) is 3.60. The van der Waals surface area contributed by atoms with E-state index in [0.717, 1.165) is 36.0 Å². The van der Waals surface area contributed by atoms with E-state index < -0.39 is 35.3 Å². The second-order valence-electron chi connectivity index (χ2n) is 5.97. The second-order valence-corrected chi connectivity index (χ2v) is 7.77. The van der Waals surface area contributed by atoms with E-state index in [4.69, 9.17) is 23.2 Å². The van der Waals surface area contributed by atoms with Gasteiger partial charge < -0.3 is 10.6 Å². The Labute approximate surface area is 186 Å². The lowest BCUT2D eigenvalue weighted by Crippen LogP contribution is -2.19. The maximum atomic E-state index is 12.7. The van der Waals surface area contributed by atoms with Gasteiger partial charge in [-0.2, -0.15) is 26.3 Å². The molecule has 2 aromatic rings. The molecule has 0 saturated carbocycles. The van der Waals surface area contributed by atoms with Gasteiger partial charge in [0.05, 0.1) is 44.1 Å². The highest BCUT2D eigenvalue weighted by Crippen LogP contribution is 2.35. The zero-order valence-corrected chi connectivity index (χ0v) is 17.5. The minimum absolute atomic E-state index is 0.108. The Balaban J connectivity index is 1.90. The van der Waals surface area contributed by atoms with Gasteiger partial charge in [-0.3, -0.25) is 9.59 Å². The number of rotatable bonds is 6. The van der Waals surface area contributed by atoms with E-state index in [0.29, 0.717) is 12.1 Å². The van der Waals surface area contributed by atoms with Crippen LogP contribution in [0.25, 0.3) is 0 Å². The summed E-state index contributed by atoms with van der Waals surface area (Å²) in [4.78, 5) is 23.8. The van der Waals surface area contributed by atoms with Crippen LogP contribution in [-0.4, -0.2) is 23.3 Å². The highest BCUT2D eigenvalue weighted by atomic mass is 35.5. The Morgan fingerprint density at radius 3 is 1.42 bits per heavy atom. The van der Waals surface area contributed by atoms with Crippen molar-refractivity contribution in [1.82, 2.24) is 0 Å². The smallest absolute Gasteiger partial charge is 0.324 e. The molecule has 0 heterocycles. The molecule has 0 saturated heterocycles. The normalized spacial score (nSPS) is 11.9. The highest BCUT2D eigenvalue weighted by molar-refractivity contribution is 8.00. The van der Waals surface area contributed by atoms with Crippen molar-refractivity contribution in [3.05, 3.63) is 57.6 Å². The number of carbonyl (C=O) groups excluding carboxylic acids is 2. The standard InChI is InChI=1S/C18H12Cl2F6N2O2S/c19-11-3-1-9(17(21,22)23)5-13(11)27-15(29)7-31-8-16(30)28-14-6-10(18(24,25)26)2-4-12(14)20/h1-6H,7-8H2,(H,27,29)(H,28,30). The van der Waals surface area contributed by atoms with Gasteiger partial charge in [0.2, 0.25) is 11.8 Å². The first-order chi connectivity index (χ1) is 14.3. The van der Waals surface area contributed by atoms with Crippen LogP contribution < -0.4 is 10.6 Å². The van der Waals surface area contributed by atoms with E-state index in [1.54, 1.807) is 0 Å². The molecule has 168 valence electrons. The van der Waals surface area contributed by atoms with Crippen molar-refractivity contribution in [3.63, 3.8) is 0 Å². The van der Waals surface area contributed by atoms with Crippen molar-refractivity contribution in [1.29, 1.82) is 0 Å². The van der Waals surface area contributed by atoms with Gasteiger partial charge in [0.1, 0.15) is 0 Å². The van der Waals surface area contributed by atoms with Crippen LogP contribution >= 0.6 is 35.0 Å². The average Bonchev–Trinajstić information content (AvgIpc) is 2.63. The molecule has 2 amide bonds. The maximum absolute atomic E-state index is 12.7. The van der Waals surface area contributed by atoms with E-state index in [1.807, 2.05) is 0 Å². The number of amides is 2. The largest absolute Gasteiger partial charge is 0.416 e. The molecule has 0 bridgehead atoms. The first-order valence-electron chi connectivity index (χ1n) is 8.18. The molecular weight excluding hydrogens is 493 g/mol. The summed E-state index contributed by atoms with van der Waals surface area (Å²) in [5.74, 6) is -2.10. The number of halogens is 8. The zero-order valence-electron chi connectivity index (χ0n) is 15.1. The van der Waals surface area contributed by atoms with Crippen molar-refractivity contribution < 1.29 is 35.9 Å². The second kappa shape index (κ2) is 10.0. The topological polar surface area (TPSA) is 58.2 Å². The molecule has 0 spiro atoms. The van der Waals surface area contributed by atoms with E-state index in [1.165, 1.54) is 0 Å². The molecule has 0 aliphatic heterocycles. The summed E-state index contributed by atoms with van der Waals surface area (Å²) in [6, 6.07) is 4.84. The molecule has 0 radical (unpaired) electrons. The van der Waals surface area contributed by atoms with Crippen LogP contribution in [0.4, 0.5) is 37.7 Å². The van der Waals surface area contributed by atoms with E-state index >= 15 is 0 Å². The van der Waals surface area contributed by atoms with Crippen molar-refractivity contribution in [3.8, 4) is 0 Å². The SMILES string of the molecule is O=C(CSCC(=O)Nc1cc(C(F)(F)F)ccc1Cl)Nc1cc(C(F)(F)F)ccc1Cl. The van der Waals surface area contributed by atoms with Crippen molar-refractivity contribution in [2.45, 2.75) is 12.4 Å². The highest BCUT2D eigenvalue weighted by Gasteiger charge is 2.32. The number of hydrogen-bond acceptors (Lipinski definition) is 3. The number of nitrogens with one attached hydrogen (secondary N) is 2. The van der Waals surface area contributed by atoms with E-state index in [2.05, 4.69) is 10.6 Å². The summed E-state index contributed by atoms with van der Waals surface area (Å²) < 4.78 is 76.5. The number of alkyl halides is 6. The molecule has 2 N–H and O–H groups in total. The Morgan fingerprint density at radius 2 is 1.10 bits per heavy atom. The van der Waals surface area contributed by atoms with Crippen molar-refractivity contribution in [2.24, 2.45) is 0 Å². The van der Waals surface area contributed by atoms with Crippen LogP contribution in [0, 0.1) is 0 Å². The lowest BCUT2D eigenvalue weighted by molar-refractivity contribution is -0.138. The lowest BCUT2D eigenvalue weighted by Gasteiger charge is -2.12. The molecule has 0 aliphatic rings. The summed E-state index contributed by atoms with van der Waals surface area (Å²) in [5.41, 5.74) is -2.50. The molecule has 31 heavy (non-hydrogen) atoms. The fourth-order valence-electron chi connectivity index (χ4n) is 2.20. The van der Waals surface area contributed by atoms with Gasteiger partial charge in [-0.1, -0.05) is 23.2 Å². The quantitative estimate of drug-likeness (QED) is 0.451. The Kier molecular flexibility index (Phi) is 8.12. The van der Waals surface area contributed by atoms with Crippen LogP contribution in [0.1, 0.15) is 11.1 Å². The van der Waals surface area contributed by atoms with Crippen LogP contribution in [0.3, 0.4) is 0 Å². The molecular formula is C18H12Cl2F6N2O2S. The summed E-state index contributed by atoms with van der Waals surface area (Å²) in [7, 11) is 0. The van der Waals surface area contributed by atoms with Gasteiger partial charge in [-0.05, 0) is 36.4 Å². The number of hydrogen-bond donors (Lipinski definition) is 2. The van der Waals surface area contributed by atoms with E-state index in [9.17, 15) is 35.9 Å². The van der Waals surface area contributed by atoms with Crippen LogP contribution in [0.15, 0.2) is 36.4 Å². The van der Waals surface area contributed by atoms with Gasteiger partial charge in [0, 0.05) is 0 Å². The number of anilines is 2. The third kappa shape index (κ3) is 7.51. The molecule has 4 nitrogen and oxygen atoms in total. The number of thioether (sulfide) groups is 1. The number of carbonyl (C=O) groups is 2. The summed E-state index contributed by atoms with van der Waals surface area (Å²) in [6.45, 7) is 0. The molecule has 2 rings (SSSR count). The predicted molar refractivity (Wildman–Crippen MR) is 107 cm³/mol. The minimum atomic E-state index is -4.62. The number of benzene rings is 2. The predicted octanol–water partition coefficient (Wildman–Crippen LogP) is 6.34. The van der Waals surface area contributed by atoms with Crippen LogP contribution in [-0.2, 0) is 21.9 Å². The van der Waals surface area contributed by atoms with E-state index in [-0.39, 0.29) is 32.9 Å². The Bertz CT molecular complexity index is 905.